The molecule has 0 radical (unpaired) electrons. The van der Waals surface area contributed by atoms with Gasteiger partial charge in [-0.15, -0.1) is 0 Å². The predicted molar refractivity (Wildman–Crippen MR) is 65.4 cm³/mol. The number of carbonyl (C=O) groups is 1. The molecule has 0 aliphatic heterocycles. The highest BCUT2D eigenvalue weighted by atomic mass is 79.9. The minimum Gasteiger partial charge on any atom is -0.287 e. The largest absolute Gasteiger partial charge is 0.287 e. The Labute approximate surface area is 106 Å². The van der Waals surface area contributed by atoms with E-state index in [0.29, 0.717) is 16.7 Å². The fourth-order valence-electron chi connectivity index (χ4n) is 1.62. The highest BCUT2D eigenvalue weighted by Gasteiger charge is 2.20. The van der Waals surface area contributed by atoms with Crippen LogP contribution >= 0.6 is 15.9 Å². The molecule has 0 spiro atoms. The molecule has 0 saturated heterocycles. The van der Waals surface area contributed by atoms with Crippen LogP contribution in [-0.4, -0.2) is 15.6 Å². The van der Waals surface area contributed by atoms with Gasteiger partial charge in [-0.3, -0.25) is 9.48 Å². The van der Waals surface area contributed by atoms with Crippen LogP contribution in [0.15, 0.2) is 34.9 Å². The van der Waals surface area contributed by atoms with Crippen molar-refractivity contribution in [1.29, 1.82) is 0 Å². The Kier molecular flexibility index (Phi) is 3.38. The highest BCUT2D eigenvalue weighted by Crippen LogP contribution is 2.22. The summed E-state index contributed by atoms with van der Waals surface area (Å²) in [6, 6.07) is 6.05. The molecule has 0 N–H and O–H groups in total. The number of hydrogen-bond donors (Lipinski definition) is 0. The molecular formula is C12H10BrFN2O. The minimum atomic E-state index is -0.534. The molecule has 0 unspecified atom stereocenters. The molecule has 2 aromatic rings. The van der Waals surface area contributed by atoms with E-state index in [1.54, 1.807) is 22.9 Å². The normalized spacial score (nSPS) is 10.5. The molecule has 5 heteroatoms. The van der Waals surface area contributed by atoms with E-state index in [-0.39, 0.29) is 11.3 Å². The van der Waals surface area contributed by atoms with Gasteiger partial charge >= 0.3 is 0 Å². The van der Waals surface area contributed by atoms with Crippen molar-refractivity contribution >= 4 is 21.7 Å². The van der Waals surface area contributed by atoms with Crippen LogP contribution in [0.2, 0.25) is 0 Å². The van der Waals surface area contributed by atoms with Crippen LogP contribution in [0.1, 0.15) is 23.0 Å². The van der Waals surface area contributed by atoms with Crippen molar-refractivity contribution < 1.29 is 9.18 Å². The Morgan fingerprint density at radius 3 is 2.88 bits per heavy atom. The number of aryl methyl sites for hydroxylation is 1. The Morgan fingerprint density at radius 2 is 2.24 bits per heavy atom. The Morgan fingerprint density at radius 1 is 1.47 bits per heavy atom. The molecule has 0 fully saturated rings. The SMILES string of the molecule is CCn1nccc1C(=O)c1c(F)cccc1Br. The smallest absolute Gasteiger partial charge is 0.215 e. The quantitative estimate of drug-likeness (QED) is 0.816. The number of hydrogen-bond acceptors (Lipinski definition) is 2. The van der Waals surface area contributed by atoms with E-state index < -0.39 is 5.82 Å². The minimum absolute atomic E-state index is 0.0442. The monoisotopic (exact) mass is 296 g/mol. The van der Waals surface area contributed by atoms with Gasteiger partial charge in [-0.2, -0.15) is 5.10 Å². The molecule has 1 aromatic heterocycles. The van der Waals surface area contributed by atoms with Crippen molar-refractivity contribution in [3.63, 3.8) is 0 Å². The molecule has 0 atom stereocenters. The highest BCUT2D eigenvalue weighted by molar-refractivity contribution is 9.10. The number of benzene rings is 1. The van der Waals surface area contributed by atoms with Crippen LogP contribution in [0.4, 0.5) is 4.39 Å². The van der Waals surface area contributed by atoms with E-state index in [2.05, 4.69) is 21.0 Å². The number of halogens is 2. The Bertz CT molecular complexity index is 545. The lowest BCUT2D eigenvalue weighted by atomic mass is 10.1. The summed E-state index contributed by atoms with van der Waals surface area (Å²) in [5.74, 6) is -0.900. The zero-order valence-corrected chi connectivity index (χ0v) is 10.7. The first-order valence-corrected chi connectivity index (χ1v) is 5.95. The average Bonchev–Trinajstić information content (AvgIpc) is 2.76. The number of ketones is 1. The van der Waals surface area contributed by atoms with Gasteiger partial charge in [0.1, 0.15) is 11.5 Å². The third kappa shape index (κ3) is 2.15. The van der Waals surface area contributed by atoms with Crippen LogP contribution in [0, 0.1) is 5.82 Å². The summed E-state index contributed by atoms with van der Waals surface area (Å²) < 4.78 is 15.6. The van der Waals surface area contributed by atoms with E-state index in [9.17, 15) is 9.18 Å². The lowest BCUT2D eigenvalue weighted by Gasteiger charge is -2.06. The van der Waals surface area contributed by atoms with Gasteiger partial charge in [0, 0.05) is 17.2 Å². The first-order valence-electron chi connectivity index (χ1n) is 5.15. The molecular weight excluding hydrogens is 287 g/mol. The molecule has 0 amide bonds. The van der Waals surface area contributed by atoms with Crippen molar-refractivity contribution in [3.05, 3.63) is 52.0 Å². The zero-order chi connectivity index (χ0) is 12.4. The van der Waals surface area contributed by atoms with Crippen LogP contribution in [0.3, 0.4) is 0 Å². The summed E-state index contributed by atoms with van der Waals surface area (Å²) in [6.07, 6.45) is 1.53. The summed E-state index contributed by atoms with van der Waals surface area (Å²) in [6.45, 7) is 2.44. The van der Waals surface area contributed by atoms with E-state index in [0.717, 1.165) is 0 Å². The van der Waals surface area contributed by atoms with E-state index >= 15 is 0 Å². The van der Waals surface area contributed by atoms with Gasteiger partial charge in [-0.25, -0.2) is 4.39 Å². The number of rotatable bonds is 3. The first kappa shape index (κ1) is 12.0. The van der Waals surface area contributed by atoms with Gasteiger partial charge in [0.2, 0.25) is 5.78 Å². The van der Waals surface area contributed by atoms with Crippen molar-refractivity contribution in [3.8, 4) is 0 Å². The van der Waals surface area contributed by atoms with Crippen molar-refractivity contribution in [2.24, 2.45) is 0 Å². The van der Waals surface area contributed by atoms with Gasteiger partial charge in [-0.05, 0) is 41.1 Å². The lowest BCUT2D eigenvalue weighted by Crippen LogP contribution is -2.12. The summed E-state index contributed by atoms with van der Waals surface area (Å²) in [4.78, 5) is 12.2. The number of nitrogens with zero attached hydrogens (tertiary/aromatic N) is 2. The maximum atomic E-state index is 13.6. The summed E-state index contributed by atoms with van der Waals surface area (Å²) in [5.41, 5.74) is 0.431. The number of carbonyl (C=O) groups excluding carboxylic acids is 1. The van der Waals surface area contributed by atoms with Crippen molar-refractivity contribution in [2.45, 2.75) is 13.5 Å². The maximum Gasteiger partial charge on any atom is 0.215 e. The first-order chi connectivity index (χ1) is 8.15. The third-order valence-corrected chi connectivity index (χ3v) is 3.10. The molecule has 3 nitrogen and oxygen atoms in total. The summed E-state index contributed by atoms with van der Waals surface area (Å²) >= 11 is 3.19. The topological polar surface area (TPSA) is 34.9 Å². The van der Waals surface area contributed by atoms with Gasteiger partial charge in [0.05, 0.1) is 5.56 Å². The molecule has 1 aromatic carbocycles. The molecule has 0 aliphatic carbocycles. The lowest BCUT2D eigenvalue weighted by molar-refractivity contribution is 0.102. The second-order valence-corrected chi connectivity index (χ2v) is 4.31. The second kappa shape index (κ2) is 4.79. The molecule has 88 valence electrons. The van der Waals surface area contributed by atoms with Gasteiger partial charge in [0.25, 0.3) is 0 Å². The maximum absolute atomic E-state index is 13.6. The van der Waals surface area contributed by atoms with Crippen LogP contribution in [-0.2, 0) is 6.54 Å². The standard InChI is InChI=1S/C12H10BrFN2O/c1-2-16-10(6-7-15-16)12(17)11-8(13)4-3-5-9(11)14/h3-7H,2H2,1H3. The second-order valence-electron chi connectivity index (χ2n) is 3.46. The van der Waals surface area contributed by atoms with E-state index in [1.165, 1.54) is 12.3 Å². The average molecular weight is 297 g/mol. The van der Waals surface area contributed by atoms with Crippen molar-refractivity contribution in [1.82, 2.24) is 9.78 Å². The Hall–Kier alpha value is -1.49. The molecule has 0 saturated carbocycles. The molecule has 0 aliphatic rings. The fraction of sp³-hybridized carbons (Fsp3) is 0.167. The van der Waals surface area contributed by atoms with E-state index in [1.807, 2.05) is 6.92 Å². The van der Waals surface area contributed by atoms with Gasteiger partial charge < -0.3 is 0 Å². The van der Waals surface area contributed by atoms with Crippen LogP contribution < -0.4 is 0 Å². The molecule has 0 bridgehead atoms. The van der Waals surface area contributed by atoms with Crippen molar-refractivity contribution in [2.75, 3.05) is 0 Å². The van der Waals surface area contributed by atoms with Crippen LogP contribution in [0.5, 0.6) is 0 Å². The van der Waals surface area contributed by atoms with Crippen LogP contribution in [0.25, 0.3) is 0 Å². The molecule has 1 heterocycles. The zero-order valence-electron chi connectivity index (χ0n) is 9.15. The predicted octanol–water partition coefficient (Wildman–Crippen LogP) is 3.04. The number of aromatic nitrogens is 2. The Balaban J connectivity index is 2.51. The third-order valence-electron chi connectivity index (χ3n) is 2.44. The molecule has 2 rings (SSSR count). The summed E-state index contributed by atoms with van der Waals surface area (Å²) in [7, 11) is 0. The summed E-state index contributed by atoms with van der Waals surface area (Å²) in [5, 5.41) is 4.00. The van der Waals surface area contributed by atoms with E-state index in [4.69, 9.17) is 0 Å². The van der Waals surface area contributed by atoms with Gasteiger partial charge in [-0.1, -0.05) is 6.07 Å². The van der Waals surface area contributed by atoms with Gasteiger partial charge in [0.15, 0.2) is 0 Å². The fourth-order valence-corrected chi connectivity index (χ4v) is 2.14. The molecule has 17 heavy (non-hydrogen) atoms.